The maximum Gasteiger partial charge on any atom is 0.0965 e. The van der Waals surface area contributed by atoms with Crippen molar-refractivity contribution in [2.24, 2.45) is 5.92 Å². The maximum absolute atomic E-state index is 10.2. The number of carbonyl (C=O) groups is 1. The number of ether oxygens (including phenoxy) is 1. The van der Waals surface area contributed by atoms with Crippen LogP contribution in [0.5, 0.6) is 0 Å². The summed E-state index contributed by atoms with van der Waals surface area (Å²) in [7, 11) is 0. The molecule has 2 atom stereocenters. The molecular formula is C6H9O3-. The molecule has 0 aliphatic carbocycles. The van der Waals surface area contributed by atoms with Crippen molar-refractivity contribution in [2.75, 3.05) is 6.61 Å². The lowest BCUT2D eigenvalue weighted by molar-refractivity contribution is -0.312. The first-order valence-corrected chi connectivity index (χ1v) is 2.91. The lowest BCUT2D eigenvalue weighted by atomic mass is 9.97. The number of hydrogen-bond acceptors (Lipinski definition) is 3. The summed E-state index contributed by atoms with van der Waals surface area (Å²) in [5, 5.41) is 10.2. The fraction of sp³-hybridized carbons (Fsp3) is 0.833. The highest BCUT2D eigenvalue weighted by atomic mass is 16.6. The SMILES string of the molecule is CC(C(=O)[O-])C1(C)CO1. The van der Waals surface area contributed by atoms with E-state index in [1.165, 1.54) is 0 Å². The van der Waals surface area contributed by atoms with Gasteiger partial charge in [-0.25, -0.2) is 0 Å². The molecule has 0 spiro atoms. The molecule has 0 aromatic carbocycles. The van der Waals surface area contributed by atoms with E-state index in [9.17, 15) is 9.90 Å². The van der Waals surface area contributed by atoms with Crippen LogP contribution in [0.2, 0.25) is 0 Å². The largest absolute Gasteiger partial charge is 0.550 e. The molecule has 1 aliphatic rings. The molecule has 2 unspecified atom stereocenters. The third-order valence-corrected chi connectivity index (χ3v) is 1.87. The summed E-state index contributed by atoms with van der Waals surface area (Å²) in [6.07, 6.45) is 0. The Morgan fingerprint density at radius 2 is 2.33 bits per heavy atom. The molecule has 3 nitrogen and oxygen atoms in total. The lowest BCUT2D eigenvalue weighted by Gasteiger charge is -2.15. The molecule has 0 bridgehead atoms. The summed E-state index contributed by atoms with van der Waals surface area (Å²) in [6, 6.07) is 0. The molecule has 0 N–H and O–H groups in total. The Labute approximate surface area is 53.6 Å². The molecule has 0 aromatic rings. The van der Waals surface area contributed by atoms with Crippen molar-refractivity contribution in [1.29, 1.82) is 0 Å². The summed E-state index contributed by atoms with van der Waals surface area (Å²) < 4.78 is 4.90. The van der Waals surface area contributed by atoms with Gasteiger partial charge >= 0.3 is 0 Å². The Morgan fingerprint density at radius 1 is 1.89 bits per heavy atom. The summed E-state index contributed by atoms with van der Waals surface area (Å²) in [6.45, 7) is 3.91. The van der Waals surface area contributed by atoms with Gasteiger partial charge in [0.1, 0.15) is 0 Å². The number of carbonyl (C=O) groups excluding carboxylic acids is 1. The second kappa shape index (κ2) is 1.70. The van der Waals surface area contributed by atoms with Crippen LogP contribution in [0.3, 0.4) is 0 Å². The van der Waals surface area contributed by atoms with Gasteiger partial charge in [0.2, 0.25) is 0 Å². The number of rotatable bonds is 2. The Kier molecular flexibility index (Phi) is 1.24. The van der Waals surface area contributed by atoms with Crippen LogP contribution in [0.25, 0.3) is 0 Å². The van der Waals surface area contributed by atoms with Gasteiger partial charge in [0, 0.05) is 11.9 Å². The third kappa shape index (κ3) is 1.05. The van der Waals surface area contributed by atoms with Crippen molar-refractivity contribution in [3.8, 4) is 0 Å². The van der Waals surface area contributed by atoms with Crippen LogP contribution < -0.4 is 5.11 Å². The average molecular weight is 129 g/mol. The minimum atomic E-state index is -1.03. The third-order valence-electron chi connectivity index (χ3n) is 1.87. The topological polar surface area (TPSA) is 52.7 Å². The van der Waals surface area contributed by atoms with Gasteiger partial charge in [-0.2, -0.15) is 0 Å². The van der Waals surface area contributed by atoms with Crippen LogP contribution in [0.4, 0.5) is 0 Å². The number of hydrogen-bond donors (Lipinski definition) is 0. The van der Waals surface area contributed by atoms with Crippen molar-refractivity contribution >= 4 is 5.97 Å². The van der Waals surface area contributed by atoms with Gasteiger partial charge in [-0.15, -0.1) is 0 Å². The fourth-order valence-electron chi connectivity index (χ4n) is 0.613. The minimum absolute atomic E-state index is 0.432. The molecule has 0 aromatic heterocycles. The van der Waals surface area contributed by atoms with E-state index in [0.29, 0.717) is 6.61 Å². The summed E-state index contributed by atoms with van der Waals surface area (Å²) >= 11 is 0. The second-order valence-electron chi connectivity index (χ2n) is 2.64. The van der Waals surface area contributed by atoms with E-state index >= 15 is 0 Å². The number of epoxide rings is 1. The summed E-state index contributed by atoms with van der Waals surface area (Å²) in [5.41, 5.74) is -0.432. The van der Waals surface area contributed by atoms with Gasteiger partial charge in [-0.3, -0.25) is 0 Å². The van der Waals surface area contributed by atoms with E-state index in [2.05, 4.69) is 0 Å². The molecule has 1 heterocycles. The van der Waals surface area contributed by atoms with Gasteiger partial charge < -0.3 is 14.6 Å². The van der Waals surface area contributed by atoms with Gasteiger partial charge in [0.25, 0.3) is 0 Å². The maximum atomic E-state index is 10.2. The average Bonchev–Trinajstić information content (AvgIpc) is 2.47. The highest BCUT2D eigenvalue weighted by Crippen LogP contribution is 2.33. The zero-order chi connectivity index (χ0) is 7.07. The molecular weight excluding hydrogens is 120 g/mol. The van der Waals surface area contributed by atoms with Crippen LogP contribution in [-0.4, -0.2) is 18.2 Å². The van der Waals surface area contributed by atoms with Crippen LogP contribution in [0, 0.1) is 5.92 Å². The van der Waals surface area contributed by atoms with E-state index in [4.69, 9.17) is 4.74 Å². The van der Waals surface area contributed by atoms with E-state index < -0.39 is 17.5 Å². The molecule has 1 saturated heterocycles. The molecule has 1 rings (SSSR count). The smallest absolute Gasteiger partial charge is 0.0965 e. The van der Waals surface area contributed by atoms with Gasteiger partial charge in [-0.1, -0.05) is 6.92 Å². The normalized spacial score (nSPS) is 35.8. The minimum Gasteiger partial charge on any atom is -0.550 e. The van der Waals surface area contributed by atoms with Crippen molar-refractivity contribution in [3.63, 3.8) is 0 Å². The first-order valence-electron chi connectivity index (χ1n) is 2.91. The monoisotopic (exact) mass is 129 g/mol. The first-order chi connectivity index (χ1) is 4.06. The van der Waals surface area contributed by atoms with Gasteiger partial charge in [0.15, 0.2) is 0 Å². The van der Waals surface area contributed by atoms with Crippen LogP contribution >= 0.6 is 0 Å². The van der Waals surface area contributed by atoms with Crippen molar-refractivity contribution in [1.82, 2.24) is 0 Å². The number of aliphatic carboxylic acids is 1. The second-order valence-corrected chi connectivity index (χ2v) is 2.64. The van der Waals surface area contributed by atoms with E-state index in [1.54, 1.807) is 13.8 Å². The highest BCUT2D eigenvalue weighted by molar-refractivity contribution is 5.69. The molecule has 1 aliphatic heterocycles. The standard InChI is InChI=1S/C6H10O3/c1-4(5(7)8)6(2)3-9-6/h4H,3H2,1-2H3,(H,7,8)/p-1. The van der Waals surface area contributed by atoms with Crippen molar-refractivity contribution in [3.05, 3.63) is 0 Å². The molecule has 0 amide bonds. The lowest BCUT2D eigenvalue weighted by Crippen LogP contribution is -2.37. The predicted octanol–water partition coefficient (Wildman–Crippen LogP) is -0.839. The Bertz CT molecular complexity index is 137. The fourth-order valence-corrected chi connectivity index (χ4v) is 0.613. The van der Waals surface area contributed by atoms with Crippen LogP contribution in [0.1, 0.15) is 13.8 Å². The summed E-state index contributed by atoms with van der Waals surface area (Å²) in [4.78, 5) is 10.2. The van der Waals surface area contributed by atoms with Gasteiger partial charge in [-0.05, 0) is 6.92 Å². The molecule has 0 saturated carbocycles. The predicted molar refractivity (Wildman–Crippen MR) is 28.5 cm³/mol. The van der Waals surface area contributed by atoms with Crippen LogP contribution in [0.15, 0.2) is 0 Å². The first kappa shape index (κ1) is 6.55. The number of carboxylic acids is 1. The van der Waals surface area contributed by atoms with E-state index in [0.717, 1.165) is 0 Å². The van der Waals surface area contributed by atoms with Crippen LogP contribution in [-0.2, 0) is 9.53 Å². The molecule has 0 radical (unpaired) electrons. The van der Waals surface area contributed by atoms with Crippen molar-refractivity contribution in [2.45, 2.75) is 19.4 Å². The molecule has 3 heteroatoms. The molecule has 9 heavy (non-hydrogen) atoms. The Hall–Kier alpha value is -0.570. The van der Waals surface area contributed by atoms with E-state index in [1.807, 2.05) is 0 Å². The number of carboxylic acid groups (broad SMARTS) is 1. The van der Waals surface area contributed by atoms with Gasteiger partial charge in [0.05, 0.1) is 12.2 Å². The zero-order valence-corrected chi connectivity index (χ0v) is 5.51. The van der Waals surface area contributed by atoms with Crippen molar-refractivity contribution < 1.29 is 14.6 Å². The van der Waals surface area contributed by atoms with E-state index in [-0.39, 0.29) is 0 Å². The quantitative estimate of drug-likeness (QED) is 0.457. The molecule has 52 valence electrons. The Morgan fingerprint density at radius 3 is 2.44 bits per heavy atom. The highest BCUT2D eigenvalue weighted by Gasteiger charge is 2.45. The Balaban J connectivity index is 2.52. The molecule has 1 fully saturated rings. The zero-order valence-electron chi connectivity index (χ0n) is 5.51. The summed E-state index contributed by atoms with van der Waals surface area (Å²) in [5.74, 6) is -1.52.